The summed E-state index contributed by atoms with van der Waals surface area (Å²) in [6.45, 7) is 1.94. The monoisotopic (exact) mass is 469 g/mol. The second kappa shape index (κ2) is 11.0. The highest BCUT2D eigenvalue weighted by molar-refractivity contribution is 7.92. The molecule has 3 aromatic carbocycles. The highest BCUT2D eigenvalue weighted by Gasteiger charge is 2.15. The fourth-order valence-corrected chi connectivity index (χ4v) is 3.79. The van der Waals surface area contributed by atoms with E-state index < -0.39 is 21.8 Å². The molecule has 0 bridgehead atoms. The van der Waals surface area contributed by atoms with Gasteiger partial charge in [0.2, 0.25) is 0 Å². The van der Waals surface area contributed by atoms with Crippen LogP contribution in [0.4, 0.5) is 5.69 Å². The number of para-hydroxylation sites is 3. The summed E-state index contributed by atoms with van der Waals surface area (Å²) in [5.41, 5.74) is 5.09. The summed E-state index contributed by atoms with van der Waals surface area (Å²) < 4.78 is 38.2. The molecule has 0 aliphatic rings. The van der Waals surface area contributed by atoms with Crippen molar-refractivity contribution in [1.29, 1.82) is 0 Å². The number of rotatable bonds is 9. The lowest BCUT2D eigenvalue weighted by Gasteiger charge is -2.12. The minimum atomic E-state index is -3.80. The zero-order valence-corrected chi connectivity index (χ0v) is 18.6. The Kier molecular flexibility index (Phi) is 7.87. The number of carbonyl (C=O) groups excluding carboxylic acids is 2. The first kappa shape index (κ1) is 23.6. The van der Waals surface area contributed by atoms with E-state index in [1.54, 1.807) is 54.6 Å². The molecule has 33 heavy (non-hydrogen) atoms. The average molecular weight is 470 g/mol. The number of hydrazine groups is 1. The number of anilines is 1. The number of amides is 2. The number of ether oxygens (including phenoxy) is 2. The van der Waals surface area contributed by atoms with Crippen LogP contribution >= 0.6 is 0 Å². The van der Waals surface area contributed by atoms with Crippen molar-refractivity contribution in [3.8, 4) is 11.5 Å². The van der Waals surface area contributed by atoms with Crippen molar-refractivity contribution in [2.45, 2.75) is 11.8 Å². The number of hydrogen-bond acceptors (Lipinski definition) is 6. The van der Waals surface area contributed by atoms with E-state index in [0.29, 0.717) is 23.8 Å². The predicted octanol–water partition coefficient (Wildman–Crippen LogP) is 2.73. The molecule has 10 heteroatoms. The van der Waals surface area contributed by atoms with Crippen molar-refractivity contribution in [1.82, 2.24) is 10.9 Å². The molecule has 0 spiro atoms. The smallest absolute Gasteiger partial charge is 0.276 e. The second-order valence-corrected chi connectivity index (χ2v) is 8.35. The Morgan fingerprint density at radius 2 is 1.39 bits per heavy atom. The van der Waals surface area contributed by atoms with E-state index in [0.717, 1.165) is 0 Å². The molecule has 0 heterocycles. The van der Waals surface area contributed by atoms with Gasteiger partial charge in [-0.1, -0.05) is 30.3 Å². The molecule has 0 aliphatic heterocycles. The highest BCUT2D eigenvalue weighted by Crippen LogP contribution is 2.26. The molecule has 0 aliphatic carbocycles. The van der Waals surface area contributed by atoms with Crippen LogP contribution < -0.4 is 25.0 Å². The first-order chi connectivity index (χ1) is 15.9. The Morgan fingerprint density at radius 1 is 0.788 bits per heavy atom. The van der Waals surface area contributed by atoms with Crippen LogP contribution in [-0.2, 0) is 14.8 Å². The minimum absolute atomic E-state index is 0.00620. The predicted molar refractivity (Wildman–Crippen MR) is 122 cm³/mol. The largest absolute Gasteiger partial charge is 0.490 e. The van der Waals surface area contributed by atoms with Crippen LogP contribution in [0.2, 0.25) is 0 Å². The van der Waals surface area contributed by atoms with E-state index in [1.807, 2.05) is 6.92 Å². The minimum Gasteiger partial charge on any atom is -0.490 e. The SMILES string of the molecule is CCOc1ccccc1OCC(=O)NNC(=O)c1ccc(S(=O)(=O)Nc2ccccc2)cc1. The van der Waals surface area contributed by atoms with Crippen LogP contribution in [0.3, 0.4) is 0 Å². The van der Waals surface area contributed by atoms with Gasteiger partial charge in [-0.3, -0.25) is 25.2 Å². The summed E-state index contributed by atoms with van der Waals surface area (Å²) in [6.07, 6.45) is 0. The summed E-state index contributed by atoms with van der Waals surface area (Å²) >= 11 is 0. The average Bonchev–Trinajstić information content (AvgIpc) is 2.82. The molecule has 3 aromatic rings. The number of hydrogen-bond donors (Lipinski definition) is 3. The van der Waals surface area contributed by atoms with Gasteiger partial charge < -0.3 is 9.47 Å². The summed E-state index contributed by atoms with van der Waals surface area (Å²) in [6, 6.07) is 20.7. The number of carbonyl (C=O) groups is 2. The van der Waals surface area contributed by atoms with E-state index in [-0.39, 0.29) is 17.1 Å². The highest BCUT2D eigenvalue weighted by atomic mass is 32.2. The fourth-order valence-electron chi connectivity index (χ4n) is 2.73. The lowest BCUT2D eigenvalue weighted by atomic mass is 10.2. The molecule has 3 N–H and O–H groups in total. The number of benzene rings is 3. The Hall–Kier alpha value is -4.05. The quantitative estimate of drug-likeness (QED) is 0.414. The van der Waals surface area contributed by atoms with Crippen LogP contribution in [0.25, 0.3) is 0 Å². The number of nitrogens with one attached hydrogen (secondary N) is 3. The van der Waals surface area contributed by atoms with Gasteiger partial charge in [0, 0.05) is 11.3 Å². The molecule has 0 saturated heterocycles. The van der Waals surface area contributed by atoms with E-state index in [9.17, 15) is 18.0 Å². The molecule has 9 nitrogen and oxygen atoms in total. The van der Waals surface area contributed by atoms with Gasteiger partial charge >= 0.3 is 0 Å². The summed E-state index contributed by atoms with van der Waals surface area (Å²) in [5, 5.41) is 0. The van der Waals surface area contributed by atoms with Gasteiger partial charge in [-0.2, -0.15) is 0 Å². The van der Waals surface area contributed by atoms with Gasteiger partial charge in [-0.05, 0) is 55.5 Å². The Bertz CT molecular complexity index is 1200. The third kappa shape index (κ3) is 6.71. The van der Waals surface area contributed by atoms with Crippen LogP contribution in [0.15, 0.2) is 83.8 Å². The third-order valence-corrected chi connectivity index (χ3v) is 5.67. The maximum absolute atomic E-state index is 12.5. The molecule has 0 fully saturated rings. The van der Waals surface area contributed by atoms with Crippen LogP contribution in [0, 0.1) is 0 Å². The lowest BCUT2D eigenvalue weighted by molar-refractivity contribution is -0.123. The molecule has 3 rings (SSSR count). The second-order valence-electron chi connectivity index (χ2n) is 6.67. The molecular weight excluding hydrogens is 446 g/mol. The van der Waals surface area contributed by atoms with Crippen LogP contribution in [0.1, 0.15) is 17.3 Å². The first-order valence-electron chi connectivity index (χ1n) is 10.0. The Balaban J connectivity index is 1.52. The van der Waals surface area contributed by atoms with Crippen molar-refractivity contribution < 1.29 is 27.5 Å². The Labute approximate surface area is 191 Å². The molecular formula is C23H23N3O6S. The topological polar surface area (TPSA) is 123 Å². The molecule has 0 unspecified atom stereocenters. The van der Waals surface area contributed by atoms with Crippen molar-refractivity contribution in [3.05, 3.63) is 84.4 Å². The van der Waals surface area contributed by atoms with Gasteiger partial charge in [-0.25, -0.2) is 8.42 Å². The zero-order chi connectivity index (χ0) is 23.7. The lowest BCUT2D eigenvalue weighted by Crippen LogP contribution is -2.43. The maximum atomic E-state index is 12.5. The first-order valence-corrected chi connectivity index (χ1v) is 11.5. The van der Waals surface area contributed by atoms with Crippen LogP contribution in [-0.4, -0.2) is 33.4 Å². The molecule has 0 atom stereocenters. The van der Waals surface area contributed by atoms with Gasteiger partial charge in [0.05, 0.1) is 11.5 Å². The van der Waals surface area contributed by atoms with Gasteiger partial charge in [0.1, 0.15) is 0 Å². The third-order valence-electron chi connectivity index (χ3n) is 4.28. The maximum Gasteiger partial charge on any atom is 0.276 e. The van der Waals surface area contributed by atoms with Crippen molar-refractivity contribution >= 4 is 27.5 Å². The molecule has 0 saturated carbocycles. The fraction of sp³-hybridized carbons (Fsp3) is 0.130. The van der Waals surface area contributed by atoms with E-state index in [2.05, 4.69) is 15.6 Å². The van der Waals surface area contributed by atoms with Gasteiger partial charge in [0.15, 0.2) is 18.1 Å². The van der Waals surface area contributed by atoms with E-state index in [1.165, 1.54) is 24.3 Å². The van der Waals surface area contributed by atoms with Crippen molar-refractivity contribution in [3.63, 3.8) is 0 Å². The van der Waals surface area contributed by atoms with E-state index >= 15 is 0 Å². The molecule has 0 radical (unpaired) electrons. The number of sulfonamides is 1. The summed E-state index contributed by atoms with van der Waals surface area (Å²) in [5.74, 6) is -0.283. The van der Waals surface area contributed by atoms with Gasteiger partial charge in [-0.15, -0.1) is 0 Å². The molecule has 172 valence electrons. The standard InChI is InChI=1S/C23H23N3O6S/c1-2-31-20-10-6-7-11-21(20)32-16-22(27)24-25-23(28)17-12-14-19(15-13-17)33(29,30)26-18-8-4-3-5-9-18/h3-15,26H,2,16H2,1H3,(H,24,27)(H,25,28). The van der Waals surface area contributed by atoms with Gasteiger partial charge in [0.25, 0.3) is 21.8 Å². The van der Waals surface area contributed by atoms with E-state index in [4.69, 9.17) is 9.47 Å². The van der Waals surface area contributed by atoms with Crippen LogP contribution in [0.5, 0.6) is 11.5 Å². The zero-order valence-electron chi connectivity index (χ0n) is 17.8. The molecule has 2 amide bonds. The Morgan fingerprint density at radius 3 is 2.03 bits per heavy atom. The summed E-state index contributed by atoms with van der Waals surface area (Å²) in [7, 11) is -3.80. The summed E-state index contributed by atoms with van der Waals surface area (Å²) in [4.78, 5) is 24.3. The van der Waals surface area contributed by atoms with Crippen molar-refractivity contribution in [2.24, 2.45) is 0 Å². The normalized spacial score (nSPS) is 10.7. The molecule has 0 aromatic heterocycles. The van der Waals surface area contributed by atoms with Crippen molar-refractivity contribution in [2.75, 3.05) is 17.9 Å².